The minimum absolute atomic E-state index is 0.0653. The zero-order valence-electron chi connectivity index (χ0n) is 17.0. The highest BCUT2D eigenvalue weighted by molar-refractivity contribution is 5.80. The van der Waals surface area contributed by atoms with Crippen molar-refractivity contribution < 1.29 is 18.0 Å². The molecule has 8 heteroatoms. The summed E-state index contributed by atoms with van der Waals surface area (Å²) in [7, 11) is 0. The number of halogens is 3. The van der Waals surface area contributed by atoms with Crippen LogP contribution in [0.3, 0.4) is 0 Å². The summed E-state index contributed by atoms with van der Waals surface area (Å²) in [6.45, 7) is 0.222. The van der Waals surface area contributed by atoms with E-state index >= 15 is 0 Å². The van der Waals surface area contributed by atoms with E-state index in [-0.39, 0.29) is 18.6 Å². The van der Waals surface area contributed by atoms with Crippen LogP contribution in [-0.4, -0.2) is 15.0 Å². The highest BCUT2D eigenvalue weighted by Gasteiger charge is 2.30. The second kappa shape index (κ2) is 8.74. The Morgan fingerprint density at radius 1 is 0.875 bits per heavy atom. The number of hydrogen-bond donors (Lipinski definition) is 1. The van der Waals surface area contributed by atoms with Crippen LogP contribution in [-0.2, 0) is 30.6 Å². The molecule has 0 spiro atoms. The molecule has 0 radical (unpaired) electrons. The molecule has 2 aromatic heterocycles. The van der Waals surface area contributed by atoms with Gasteiger partial charge >= 0.3 is 6.18 Å². The molecule has 0 fully saturated rings. The molecule has 0 bridgehead atoms. The third-order valence-electron chi connectivity index (χ3n) is 5.15. The molecule has 1 amide bonds. The van der Waals surface area contributed by atoms with Crippen molar-refractivity contribution in [1.29, 1.82) is 0 Å². The van der Waals surface area contributed by atoms with Crippen molar-refractivity contribution in [3.8, 4) is 0 Å². The number of aromatic nitrogens is 2. The van der Waals surface area contributed by atoms with Crippen LogP contribution in [0.1, 0.15) is 16.7 Å². The van der Waals surface area contributed by atoms with Crippen LogP contribution in [0.4, 0.5) is 13.2 Å². The zero-order valence-corrected chi connectivity index (χ0v) is 17.0. The molecule has 0 saturated heterocycles. The number of rotatable bonds is 6. The van der Waals surface area contributed by atoms with Gasteiger partial charge in [0.05, 0.1) is 5.56 Å². The van der Waals surface area contributed by atoms with E-state index in [2.05, 4.69) is 5.32 Å². The van der Waals surface area contributed by atoms with Gasteiger partial charge in [-0.05, 0) is 35.4 Å². The highest BCUT2D eigenvalue weighted by atomic mass is 19.4. The summed E-state index contributed by atoms with van der Waals surface area (Å²) in [5, 5.41) is 3.35. The summed E-state index contributed by atoms with van der Waals surface area (Å²) >= 11 is 0. The first-order chi connectivity index (χ1) is 15.3. The molecule has 32 heavy (non-hydrogen) atoms. The molecule has 0 saturated carbocycles. The summed E-state index contributed by atoms with van der Waals surface area (Å²) < 4.78 is 41.7. The lowest BCUT2D eigenvalue weighted by Crippen LogP contribution is -2.32. The number of nitrogens with zero attached hydrogens (tertiary/aromatic N) is 2. The Hall–Kier alpha value is -3.81. The first kappa shape index (κ1) is 21.4. The van der Waals surface area contributed by atoms with Crippen molar-refractivity contribution in [3.63, 3.8) is 0 Å². The van der Waals surface area contributed by atoms with Gasteiger partial charge in [-0.25, -0.2) is 0 Å². The summed E-state index contributed by atoms with van der Waals surface area (Å²) in [5.41, 5.74) is 0.774. The normalized spacial score (nSPS) is 11.6. The molecule has 4 rings (SSSR count). The number of hydrogen-bond acceptors (Lipinski definition) is 2. The van der Waals surface area contributed by atoms with Gasteiger partial charge in [0.15, 0.2) is 0 Å². The van der Waals surface area contributed by atoms with E-state index in [0.717, 1.165) is 23.1 Å². The van der Waals surface area contributed by atoms with Gasteiger partial charge in [0.25, 0.3) is 5.56 Å². The molecule has 2 aromatic carbocycles. The third-order valence-corrected chi connectivity index (χ3v) is 5.15. The number of amides is 1. The van der Waals surface area contributed by atoms with Gasteiger partial charge in [0.1, 0.15) is 12.1 Å². The van der Waals surface area contributed by atoms with E-state index in [0.29, 0.717) is 17.6 Å². The Morgan fingerprint density at radius 3 is 2.28 bits per heavy atom. The topological polar surface area (TPSA) is 56.0 Å². The fourth-order valence-corrected chi connectivity index (χ4v) is 3.55. The standard InChI is InChI=1S/C24H20F3N3O2/c25-24(26,27)20-8-4-7-18(13-20)14-28-21(31)16-30-12-10-19-9-11-29(22(19)23(30)32)15-17-5-2-1-3-6-17/h1-13H,14-16H2,(H,28,31). The molecule has 5 nitrogen and oxygen atoms in total. The van der Waals surface area contributed by atoms with Crippen molar-refractivity contribution in [2.45, 2.75) is 25.8 Å². The second-order valence-electron chi connectivity index (χ2n) is 7.46. The molecular formula is C24H20F3N3O2. The summed E-state index contributed by atoms with van der Waals surface area (Å²) in [4.78, 5) is 25.4. The van der Waals surface area contributed by atoms with Gasteiger partial charge in [-0.3, -0.25) is 9.59 Å². The Morgan fingerprint density at radius 2 is 1.56 bits per heavy atom. The van der Waals surface area contributed by atoms with E-state index in [9.17, 15) is 22.8 Å². The number of nitrogens with one attached hydrogen (secondary N) is 1. The lowest BCUT2D eigenvalue weighted by atomic mass is 10.1. The Kier molecular flexibility index (Phi) is 5.85. The first-order valence-electron chi connectivity index (χ1n) is 9.96. The van der Waals surface area contributed by atoms with Crippen LogP contribution < -0.4 is 10.9 Å². The average Bonchev–Trinajstić information content (AvgIpc) is 3.18. The highest BCUT2D eigenvalue weighted by Crippen LogP contribution is 2.29. The Bertz CT molecular complexity index is 1310. The van der Waals surface area contributed by atoms with Gasteiger partial charge < -0.3 is 14.5 Å². The number of carbonyl (C=O) groups excluding carboxylic acids is 1. The molecule has 4 aromatic rings. The van der Waals surface area contributed by atoms with Gasteiger partial charge in [-0.2, -0.15) is 13.2 Å². The summed E-state index contributed by atoms with van der Waals surface area (Å²) in [6, 6.07) is 18.1. The number of benzene rings is 2. The maximum absolute atomic E-state index is 13.0. The predicted molar refractivity (Wildman–Crippen MR) is 115 cm³/mol. The monoisotopic (exact) mass is 439 g/mol. The van der Waals surface area contributed by atoms with E-state index in [4.69, 9.17) is 0 Å². The quantitative estimate of drug-likeness (QED) is 0.490. The van der Waals surface area contributed by atoms with Crippen LogP contribution in [0.15, 0.2) is 83.9 Å². The number of fused-ring (bicyclic) bond motifs is 1. The molecule has 0 atom stereocenters. The van der Waals surface area contributed by atoms with Crippen molar-refractivity contribution in [1.82, 2.24) is 14.5 Å². The van der Waals surface area contributed by atoms with Crippen molar-refractivity contribution in [3.05, 3.63) is 106 Å². The van der Waals surface area contributed by atoms with Crippen LogP contribution >= 0.6 is 0 Å². The lowest BCUT2D eigenvalue weighted by molar-refractivity contribution is -0.137. The smallest absolute Gasteiger partial charge is 0.350 e. The largest absolute Gasteiger partial charge is 0.416 e. The van der Waals surface area contributed by atoms with Crippen LogP contribution in [0, 0.1) is 0 Å². The molecule has 1 N–H and O–H groups in total. The van der Waals surface area contributed by atoms with Crippen LogP contribution in [0.25, 0.3) is 10.9 Å². The molecule has 0 unspecified atom stereocenters. The van der Waals surface area contributed by atoms with Gasteiger partial charge in [-0.15, -0.1) is 0 Å². The maximum atomic E-state index is 13.0. The van der Waals surface area contributed by atoms with E-state index in [1.54, 1.807) is 12.3 Å². The predicted octanol–water partition coefficient (Wildman–Crippen LogP) is 4.19. The fraction of sp³-hybridized carbons (Fsp3) is 0.167. The zero-order chi connectivity index (χ0) is 22.7. The fourth-order valence-electron chi connectivity index (χ4n) is 3.55. The molecule has 0 aliphatic rings. The molecular weight excluding hydrogens is 419 g/mol. The first-order valence-corrected chi connectivity index (χ1v) is 9.96. The Labute approximate surface area is 181 Å². The molecule has 0 aliphatic carbocycles. The summed E-state index contributed by atoms with van der Waals surface area (Å²) in [6.07, 6.45) is -1.07. The molecule has 0 aliphatic heterocycles. The van der Waals surface area contributed by atoms with E-state index in [1.807, 2.05) is 47.2 Å². The molecule has 2 heterocycles. The number of alkyl halides is 3. The van der Waals surface area contributed by atoms with Crippen LogP contribution in [0.5, 0.6) is 0 Å². The number of pyridine rings is 1. The van der Waals surface area contributed by atoms with Crippen molar-refractivity contribution in [2.75, 3.05) is 0 Å². The minimum atomic E-state index is -4.45. The van der Waals surface area contributed by atoms with Gasteiger partial charge in [0, 0.05) is 30.9 Å². The van der Waals surface area contributed by atoms with E-state index in [1.165, 1.54) is 16.7 Å². The maximum Gasteiger partial charge on any atom is 0.416 e. The van der Waals surface area contributed by atoms with Gasteiger partial charge in [0.2, 0.25) is 5.91 Å². The van der Waals surface area contributed by atoms with Crippen molar-refractivity contribution in [2.24, 2.45) is 0 Å². The van der Waals surface area contributed by atoms with Gasteiger partial charge in [-0.1, -0.05) is 42.5 Å². The third kappa shape index (κ3) is 4.74. The second-order valence-corrected chi connectivity index (χ2v) is 7.46. The van der Waals surface area contributed by atoms with Crippen LogP contribution in [0.2, 0.25) is 0 Å². The summed E-state index contributed by atoms with van der Waals surface area (Å²) in [5.74, 6) is -0.468. The van der Waals surface area contributed by atoms with E-state index < -0.39 is 17.6 Å². The lowest BCUT2D eigenvalue weighted by Gasteiger charge is -2.11. The molecule has 164 valence electrons. The SMILES string of the molecule is O=C(Cn1ccc2ccn(Cc3ccccc3)c2c1=O)NCc1cccc(C(F)(F)F)c1. The number of carbonyl (C=O) groups is 1. The Balaban J connectivity index is 1.48. The average molecular weight is 439 g/mol. The minimum Gasteiger partial charge on any atom is -0.350 e. The van der Waals surface area contributed by atoms with Crippen molar-refractivity contribution >= 4 is 16.8 Å².